The molecule has 0 bridgehead atoms. The minimum absolute atomic E-state index is 0.00483. The first-order valence-electron chi connectivity index (χ1n) is 10.4. The van der Waals surface area contributed by atoms with Gasteiger partial charge in [0.05, 0.1) is 30.7 Å². The zero-order valence-corrected chi connectivity index (χ0v) is 18.0. The molecule has 170 valence electrons. The summed E-state index contributed by atoms with van der Waals surface area (Å²) in [6, 6.07) is 4.02. The number of benzene rings is 1. The van der Waals surface area contributed by atoms with Gasteiger partial charge in [-0.2, -0.15) is 5.10 Å². The van der Waals surface area contributed by atoms with Crippen LogP contribution in [0.4, 0.5) is 14.6 Å². The van der Waals surface area contributed by atoms with Crippen LogP contribution in [0.5, 0.6) is 0 Å². The van der Waals surface area contributed by atoms with Gasteiger partial charge in [0.1, 0.15) is 0 Å². The van der Waals surface area contributed by atoms with E-state index >= 15 is 0 Å². The predicted molar refractivity (Wildman–Crippen MR) is 117 cm³/mol. The fourth-order valence-electron chi connectivity index (χ4n) is 3.88. The summed E-state index contributed by atoms with van der Waals surface area (Å²) >= 11 is 0. The maximum Gasteiger partial charge on any atom is 0.251 e. The maximum atomic E-state index is 14.8. The van der Waals surface area contributed by atoms with Gasteiger partial charge in [-0.25, -0.2) is 18.3 Å². The number of ether oxygens (including phenoxy) is 1. The van der Waals surface area contributed by atoms with E-state index < -0.39 is 17.5 Å². The molecule has 0 saturated carbocycles. The maximum absolute atomic E-state index is 14.8. The van der Waals surface area contributed by atoms with Gasteiger partial charge in [-0.05, 0) is 24.6 Å². The van der Waals surface area contributed by atoms with E-state index in [0.717, 1.165) is 23.6 Å². The molecule has 0 spiro atoms. The van der Waals surface area contributed by atoms with Crippen molar-refractivity contribution in [2.75, 3.05) is 25.6 Å². The zero-order chi connectivity index (χ0) is 23.1. The van der Waals surface area contributed by atoms with Crippen molar-refractivity contribution >= 4 is 17.4 Å². The normalized spacial score (nSPS) is 15.8. The Morgan fingerprint density at radius 1 is 1.21 bits per heavy atom. The van der Waals surface area contributed by atoms with Crippen molar-refractivity contribution in [3.63, 3.8) is 0 Å². The van der Waals surface area contributed by atoms with E-state index in [0.29, 0.717) is 24.7 Å². The molecule has 1 saturated heterocycles. The van der Waals surface area contributed by atoms with Gasteiger partial charge in [0, 0.05) is 49.2 Å². The number of nitrogens with zero attached hydrogens (tertiary/aromatic N) is 5. The molecule has 33 heavy (non-hydrogen) atoms. The highest BCUT2D eigenvalue weighted by molar-refractivity contribution is 5.95. The number of carbonyl (C=O) groups is 1. The monoisotopic (exact) mass is 453 g/mol. The van der Waals surface area contributed by atoms with Crippen LogP contribution in [0.15, 0.2) is 36.8 Å². The van der Waals surface area contributed by atoms with Crippen LogP contribution in [-0.4, -0.2) is 56.6 Å². The predicted octanol–water partition coefficient (Wildman–Crippen LogP) is 2.64. The molecule has 0 aliphatic carbocycles. The van der Waals surface area contributed by atoms with Crippen LogP contribution in [0.2, 0.25) is 0 Å². The van der Waals surface area contributed by atoms with Gasteiger partial charge < -0.3 is 15.4 Å². The first-order valence-corrected chi connectivity index (χ1v) is 10.4. The minimum Gasteiger partial charge on any atom is -0.379 e. The number of carbonyl (C=O) groups excluding carboxylic acids is 1. The molecule has 5 rings (SSSR count). The number of aromatic nitrogens is 5. The fraction of sp³-hybridized carbons (Fsp3) is 0.273. The fourth-order valence-corrected chi connectivity index (χ4v) is 3.88. The summed E-state index contributed by atoms with van der Waals surface area (Å²) in [4.78, 5) is 16.4. The third kappa shape index (κ3) is 3.80. The van der Waals surface area contributed by atoms with Crippen LogP contribution in [-0.2, 0) is 11.8 Å². The molecule has 4 heterocycles. The minimum atomic E-state index is -1.13. The molecule has 1 aliphatic heterocycles. The lowest BCUT2D eigenvalue weighted by atomic mass is 10.1. The van der Waals surface area contributed by atoms with Crippen LogP contribution in [0.25, 0.3) is 28.0 Å². The molecule has 1 amide bonds. The Morgan fingerprint density at radius 3 is 2.76 bits per heavy atom. The van der Waals surface area contributed by atoms with Gasteiger partial charge in [-0.3, -0.25) is 9.48 Å². The number of aryl methyl sites for hydroxylation is 1. The van der Waals surface area contributed by atoms with E-state index in [9.17, 15) is 13.6 Å². The van der Waals surface area contributed by atoms with Crippen molar-refractivity contribution in [1.29, 1.82) is 0 Å². The number of halogens is 2. The highest BCUT2D eigenvalue weighted by atomic mass is 19.2. The van der Waals surface area contributed by atoms with E-state index in [1.165, 1.54) is 23.8 Å². The van der Waals surface area contributed by atoms with Crippen molar-refractivity contribution in [2.45, 2.75) is 12.5 Å². The molecule has 1 fully saturated rings. The number of hydrogen-bond donors (Lipinski definition) is 2. The van der Waals surface area contributed by atoms with Crippen molar-refractivity contribution in [3.05, 3.63) is 54.0 Å². The molecule has 9 nitrogen and oxygen atoms in total. The highest BCUT2D eigenvalue weighted by Gasteiger charge is 2.23. The van der Waals surface area contributed by atoms with Gasteiger partial charge in [0.15, 0.2) is 23.1 Å². The Bertz CT molecular complexity index is 1360. The Hall–Kier alpha value is -3.86. The Balaban J connectivity index is 1.68. The second kappa shape index (κ2) is 8.24. The van der Waals surface area contributed by atoms with Crippen LogP contribution >= 0.6 is 0 Å². The molecule has 1 aromatic carbocycles. The van der Waals surface area contributed by atoms with Crippen molar-refractivity contribution in [3.8, 4) is 22.4 Å². The van der Waals surface area contributed by atoms with E-state index in [-0.39, 0.29) is 22.9 Å². The Kier molecular flexibility index (Phi) is 5.25. The third-order valence-electron chi connectivity index (χ3n) is 5.57. The molecular formula is C22H21F2N7O2. The van der Waals surface area contributed by atoms with Crippen LogP contribution in [0.3, 0.4) is 0 Å². The molecule has 2 N–H and O–H groups in total. The second-order valence-corrected chi connectivity index (χ2v) is 7.83. The Morgan fingerprint density at radius 2 is 2.06 bits per heavy atom. The number of rotatable bonds is 5. The van der Waals surface area contributed by atoms with E-state index in [4.69, 9.17) is 4.74 Å². The van der Waals surface area contributed by atoms with Crippen molar-refractivity contribution < 1.29 is 18.3 Å². The smallest absolute Gasteiger partial charge is 0.251 e. The average Bonchev–Trinajstić information content (AvgIpc) is 3.56. The molecular weight excluding hydrogens is 432 g/mol. The van der Waals surface area contributed by atoms with E-state index in [1.807, 2.05) is 19.3 Å². The lowest BCUT2D eigenvalue weighted by molar-refractivity contribution is 0.0962. The summed E-state index contributed by atoms with van der Waals surface area (Å²) in [7, 11) is 3.24. The highest BCUT2D eigenvalue weighted by Crippen LogP contribution is 2.32. The SMILES string of the molecule is CNC(=O)c1cc(F)c(F)c(-c2cnc3cc(-c4cnn(C)c4)c(NC4CCOC4)nn23)c1. The number of imidazole rings is 1. The number of nitrogens with one attached hydrogen (secondary N) is 2. The second-order valence-electron chi connectivity index (χ2n) is 7.83. The topological polar surface area (TPSA) is 98.4 Å². The number of anilines is 1. The third-order valence-corrected chi connectivity index (χ3v) is 5.57. The van der Waals surface area contributed by atoms with Gasteiger partial charge in [0.2, 0.25) is 0 Å². The molecule has 0 radical (unpaired) electrons. The van der Waals surface area contributed by atoms with E-state index in [1.54, 1.807) is 10.9 Å². The zero-order valence-electron chi connectivity index (χ0n) is 18.0. The summed E-state index contributed by atoms with van der Waals surface area (Å²) in [6.07, 6.45) is 5.80. The summed E-state index contributed by atoms with van der Waals surface area (Å²) in [5.74, 6) is -2.20. The van der Waals surface area contributed by atoms with Crippen LogP contribution < -0.4 is 10.6 Å². The van der Waals surface area contributed by atoms with Crippen molar-refractivity contribution in [2.24, 2.45) is 7.05 Å². The van der Waals surface area contributed by atoms with Crippen LogP contribution in [0.1, 0.15) is 16.8 Å². The van der Waals surface area contributed by atoms with Gasteiger partial charge in [0.25, 0.3) is 5.91 Å². The summed E-state index contributed by atoms with van der Waals surface area (Å²) in [5.41, 5.74) is 2.13. The standard InChI is InChI=1S/C22H21F2N7O2/c1-25-22(32)12-5-16(20(24)17(23)6-12)18-9-26-19-7-15(13-8-27-30(2)10-13)21(29-31(18)19)28-14-3-4-33-11-14/h5-10,14H,3-4,11H2,1-2H3,(H,25,32)(H,28,29). The van der Waals surface area contributed by atoms with Crippen molar-refractivity contribution in [1.82, 2.24) is 29.7 Å². The lowest BCUT2D eigenvalue weighted by Crippen LogP contribution is -2.21. The first-order chi connectivity index (χ1) is 15.9. The Labute approximate surface area is 187 Å². The molecule has 3 aromatic heterocycles. The number of amides is 1. The quantitative estimate of drug-likeness (QED) is 0.482. The first kappa shape index (κ1) is 21.0. The molecule has 1 aliphatic rings. The lowest BCUT2D eigenvalue weighted by Gasteiger charge is -2.15. The van der Waals surface area contributed by atoms with Gasteiger partial charge >= 0.3 is 0 Å². The van der Waals surface area contributed by atoms with Crippen LogP contribution in [0, 0.1) is 11.6 Å². The molecule has 11 heteroatoms. The van der Waals surface area contributed by atoms with Gasteiger partial charge in [-0.15, -0.1) is 5.10 Å². The summed E-state index contributed by atoms with van der Waals surface area (Å²) in [5, 5.41) is 14.7. The number of fused-ring (bicyclic) bond motifs is 1. The number of hydrogen-bond acceptors (Lipinski definition) is 6. The molecule has 4 aromatic rings. The average molecular weight is 453 g/mol. The van der Waals surface area contributed by atoms with Gasteiger partial charge in [-0.1, -0.05) is 0 Å². The molecule has 1 atom stereocenters. The summed E-state index contributed by atoms with van der Waals surface area (Å²) in [6.45, 7) is 1.19. The largest absolute Gasteiger partial charge is 0.379 e. The summed E-state index contributed by atoms with van der Waals surface area (Å²) < 4.78 is 37.7. The van der Waals surface area contributed by atoms with E-state index in [2.05, 4.69) is 25.8 Å². The molecule has 1 unspecified atom stereocenters.